The van der Waals surface area contributed by atoms with Crippen molar-refractivity contribution >= 4 is 17.7 Å². The number of hydrogen-bond acceptors (Lipinski definition) is 2. The van der Waals surface area contributed by atoms with Crippen molar-refractivity contribution in [2.45, 2.75) is 33.6 Å². The smallest absolute Gasteiger partial charge is 0.319 e. The summed E-state index contributed by atoms with van der Waals surface area (Å²) >= 11 is 0. The Morgan fingerprint density at radius 2 is 1.76 bits per heavy atom. The first-order valence-electron chi connectivity index (χ1n) is 7.19. The van der Waals surface area contributed by atoms with E-state index in [-0.39, 0.29) is 18.5 Å². The van der Waals surface area contributed by atoms with E-state index in [0.29, 0.717) is 5.92 Å². The predicted molar refractivity (Wildman–Crippen MR) is 83.5 cm³/mol. The van der Waals surface area contributed by atoms with Crippen LogP contribution < -0.4 is 10.6 Å². The SMILES string of the molecule is CC(C)c1ccccc1NC(=O)NCC(C(=O)O)C(C)C. The summed E-state index contributed by atoms with van der Waals surface area (Å²) in [5.74, 6) is -1.22. The molecule has 116 valence electrons. The van der Waals surface area contributed by atoms with Gasteiger partial charge >= 0.3 is 12.0 Å². The van der Waals surface area contributed by atoms with Crippen LogP contribution in [0.25, 0.3) is 0 Å². The second-order valence-electron chi connectivity index (χ2n) is 5.77. The minimum Gasteiger partial charge on any atom is -0.481 e. The van der Waals surface area contributed by atoms with Gasteiger partial charge in [-0.15, -0.1) is 0 Å². The molecule has 0 aromatic heterocycles. The molecule has 0 heterocycles. The third kappa shape index (κ3) is 5.10. The lowest BCUT2D eigenvalue weighted by molar-refractivity contribution is -0.142. The van der Waals surface area contributed by atoms with Crippen molar-refractivity contribution in [2.24, 2.45) is 11.8 Å². The molecule has 1 aromatic carbocycles. The van der Waals surface area contributed by atoms with Gasteiger partial charge < -0.3 is 15.7 Å². The van der Waals surface area contributed by atoms with Crippen LogP contribution in [0.15, 0.2) is 24.3 Å². The number of carbonyl (C=O) groups excluding carboxylic acids is 1. The second-order valence-corrected chi connectivity index (χ2v) is 5.77. The van der Waals surface area contributed by atoms with Gasteiger partial charge in [0.1, 0.15) is 0 Å². The molecule has 2 amide bonds. The van der Waals surface area contributed by atoms with Gasteiger partial charge in [-0.3, -0.25) is 4.79 Å². The van der Waals surface area contributed by atoms with Gasteiger partial charge in [0.25, 0.3) is 0 Å². The largest absolute Gasteiger partial charge is 0.481 e. The van der Waals surface area contributed by atoms with Crippen LogP contribution in [0.4, 0.5) is 10.5 Å². The van der Waals surface area contributed by atoms with E-state index in [2.05, 4.69) is 24.5 Å². The zero-order valence-corrected chi connectivity index (χ0v) is 13.0. The maximum Gasteiger partial charge on any atom is 0.319 e. The average molecular weight is 292 g/mol. The summed E-state index contributed by atoms with van der Waals surface area (Å²) < 4.78 is 0. The fourth-order valence-electron chi connectivity index (χ4n) is 2.09. The Bertz CT molecular complexity index is 498. The van der Waals surface area contributed by atoms with E-state index in [1.54, 1.807) is 0 Å². The van der Waals surface area contributed by atoms with Gasteiger partial charge in [-0.25, -0.2) is 4.79 Å². The lowest BCUT2D eigenvalue weighted by Crippen LogP contribution is -2.38. The first kappa shape index (κ1) is 17.0. The Hall–Kier alpha value is -2.04. The molecule has 5 nitrogen and oxygen atoms in total. The zero-order valence-electron chi connectivity index (χ0n) is 13.0. The summed E-state index contributed by atoms with van der Waals surface area (Å²) in [5, 5.41) is 14.5. The number of aliphatic carboxylic acids is 1. The van der Waals surface area contributed by atoms with Gasteiger partial charge in [-0.1, -0.05) is 45.9 Å². The van der Waals surface area contributed by atoms with Crippen molar-refractivity contribution in [1.29, 1.82) is 0 Å². The average Bonchev–Trinajstić information content (AvgIpc) is 2.38. The van der Waals surface area contributed by atoms with E-state index in [4.69, 9.17) is 5.11 Å². The number of hydrogen-bond donors (Lipinski definition) is 3. The number of carbonyl (C=O) groups is 2. The summed E-state index contributed by atoms with van der Waals surface area (Å²) in [7, 11) is 0. The number of rotatable bonds is 6. The van der Waals surface area contributed by atoms with Gasteiger partial charge in [-0.05, 0) is 23.5 Å². The van der Waals surface area contributed by atoms with Crippen LogP contribution in [0, 0.1) is 11.8 Å². The van der Waals surface area contributed by atoms with Gasteiger partial charge in [0.15, 0.2) is 0 Å². The summed E-state index contributed by atoms with van der Waals surface area (Å²) in [6.07, 6.45) is 0. The zero-order chi connectivity index (χ0) is 16.0. The molecule has 0 aliphatic rings. The maximum absolute atomic E-state index is 11.9. The van der Waals surface area contributed by atoms with Crippen molar-refractivity contribution < 1.29 is 14.7 Å². The Labute approximate surface area is 125 Å². The molecule has 0 fully saturated rings. The number of carboxylic acids is 1. The standard InChI is InChI=1S/C16H24N2O3/c1-10(2)12-7-5-6-8-14(12)18-16(21)17-9-13(11(3)4)15(19)20/h5-8,10-11,13H,9H2,1-4H3,(H,19,20)(H2,17,18,21). The topological polar surface area (TPSA) is 78.4 Å². The van der Waals surface area contributed by atoms with Crippen molar-refractivity contribution in [3.8, 4) is 0 Å². The van der Waals surface area contributed by atoms with Crippen LogP contribution >= 0.6 is 0 Å². The highest BCUT2D eigenvalue weighted by molar-refractivity contribution is 5.90. The molecule has 21 heavy (non-hydrogen) atoms. The molecule has 3 N–H and O–H groups in total. The maximum atomic E-state index is 11.9. The molecule has 1 aromatic rings. The fourth-order valence-corrected chi connectivity index (χ4v) is 2.09. The first-order valence-corrected chi connectivity index (χ1v) is 7.19. The molecule has 1 rings (SSSR count). The van der Waals surface area contributed by atoms with E-state index in [1.165, 1.54) is 0 Å². The van der Waals surface area contributed by atoms with Gasteiger partial charge in [0.2, 0.25) is 0 Å². The minimum absolute atomic E-state index is 0.0363. The Morgan fingerprint density at radius 1 is 1.14 bits per heavy atom. The lowest BCUT2D eigenvalue weighted by Gasteiger charge is -2.18. The number of anilines is 1. The van der Waals surface area contributed by atoms with Gasteiger partial charge in [0.05, 0.1) is 5.92 Å². The first-order chi connectivity index (χ1) is 9.82. The van der Waals surface area contributed by atoms with E-state index < -0.39 is 11.9 Å². The molecular formula is C16H24N2O3. The summed E-state index contributed by atoms with van der Waals surface area (Å²) in [4.78, 5) is 23.0. The normalized spacial score (nSPS) is 12.3. The van der Waals surface area contributed by atoms with Gasteiger partial charge in [0, 0.05) is 12.2 Å². The lowest BCUT2D eigenvalue weighted by atomic mass is 9.96. The Kier molecular flexibility index (Phi) is 6.21. The molecule has 0 aliphatic carbocycles. The van der Waals surface area contributed by atoms with Crippen molar-refractivity contribution in [2.75, 3.05) is 11.9 Å². The molecule has 5 heteroatoms. The number of para-hydroxylation sites is 1. The summed E-state index contributed by atoms with van der Waals surface area (Å²) in [6, 6.07) is 7.21. The minimum atomic E-state index is -0.895. The van der Waals surface area contributed by atoms with Gasteiger partial charge in [-0.2, -0.15) is 0 Å². The number of urea groups is 1. The van der Waals surface area contributed by atoms with Crippen LogP contribution in [-0.2, 0) is 4.79 Å². The molecule has 1 atom stereocenters. The molecule has 0 aliphatic heterocycles. The second kappa shape index (κ2) is 7.67. The monoisotopic (exact) mass is 292 g/mol. The van der Waals surface area contributed by atoms with Crippen molar-refractivity contribution in [3.05, 3.63) is 29.8 Å². The van der Waals surface area contributed by atoms with E-state index in [9.17, 15) is 9.59 Å². The number of amides is 2. The van der Waals surface area contributed by atoms with Crippen molar-refractivity contribution in [1.82, 2.24) is 5.32 Å². The third-order valence-electron chi connectivity index (χ3n) is 3.44. The molecule has 0 saturated heterocycles. The number of nitrogens with one attached hydrogen (secondary N) is 2. The number of benzene rings is 1. The molecule has 1 unspecified atom stereocenters. The van der Waals surface area contributed by atoms with Crippen molar-refractivity contribution in [3.63, 3.8) is 0 Å². The quantitative estimate of drug-likeness (QED) is 0.752. The highest BCUT2D eigenvalue weighted by Gasteiger charge is 2.22. The van der Waals surface area contributed by atoms with E-state index in [0.717, 1.165) is 11.3 Å². The Balaban J connectivity index is 2.64. The van der Waals surface area contributed by atoms with Crippen LogP contribution in [0.3, 0.4) is 0 Å². The molecule has 0 saturated carbocycles. The van der Waals surface area contributed by atoms with Crippen LogP contribution in [0.1, 0.15) is 39.2 Å². The predicted octanol–water partition coefficient (Wildman–Crippen LogP) is 3.29. The highest BCUT2D eigenvalue weighted by atomic mass is 16.4. The molecular weight excluding hydrogens is 268 g/mol. The molecule has 0 spiro atoms. The van der Waals surface area contributed by atoms with E-state index >= 15 is 0 Å². The summed E-state index contributed by atoms with van der Waals surface area (Å²) in [6.45, 7) is 7.87. The van der Waals surface area contributed by atoms with Crippen LogP contribution in [0.5, 0.6) is 0 Å². The molecule has 0 radical (unpaired) electrons. The Morgan fingerprint density at radius 3 is 2.29 bits per heavy atom. The molecule has 0 bridgehead atoms. The van der Waals surface area contributed by atoms with Crippen LogP contribution in [0.2, 0.25) is 0 Å². The highest BCUT2D eigenvalue weighted by Crippen LogP contribution is 2.23. The third-order valence-corrected chi connectivity index (χ3v) is 3.44. The van der Waals surface area contributed by atoms with E-state index in [1.807, 2.05) is 38.1 Å². The summed E-state index contributed by atoms with van der Waals surface area (Å²) in [5.41, 5.74) is 1.80. The number of carboxylic acid groups (broad SMARTS) is 1. The van der Waals surface area contributed by atoms with Crippen LogP contribution in [-0.4, -0.2) is 23.7 Å². The fraction of sp³-hybridized carbons (Fsp3) is 0.500.